The molecule has 0 aliphatic rings. The Morgan fingerprint density at radius 1 is 0.559 bits per heavy atom. The van der Waals surface area contributed by atoms with Gasteiger partial charge < -0.3 is 5.73 Å². The molecule has 0 saturated carbocycles. The maximum atomic E-state index is 8.05. The first-order chi connectivity index (χ1) is 16.7. The van der Waals surface area contributed by atoms with Crippen LogP contribution < -0.4 is 5.73 Å². The molecule has 0 amide bonds. The van der Waals surface area contributed by atoms with E-state index in [0.29, 0.717) is 0 Å². The molecule has 3 N–H and O–H groups in total. The van der Waals surface area contributed by atoms with Crippen LogP contribution >= 0.6 is 11.3 Å². The van der Waals surface area contributed by atoms with E-state index >= 15 is 0 Å². The topological polar surface area (TPSA) is 49.9 Å². The molecule has 5 aromatic carbocycles. The number of nitrogen functional groups attached to an aromatic ring is 1. The molecule has 6 aromatic rings. The van der Waals surface area contributed by atoms with Gasteiger partial charge in [-0.1, -0.05) is 91.0 Å². The third kappa shape index (κ3) is 3.47. The van der Waals surface area contributed by atoms with E-state index in [2.05, 4.69) is 103 Å². The van der Waals surface area contributed by atoms with Crippen LogP contribution in [0.5, 0.6) is 0 Å². The average molecular weight is 455 g/mol. The summed E-state index contributed by atoms with van der Waals surface area (Å²) in [5.41, 5.74) is 13.9. The Bertz CT molecular complexity index is 1680. The smallest absolute Gasteiger partial charge is 0.123 e. The SMILES string of the molecule is N=C(N)c1cccc2sc3ccc(-c4cccc(-c5ccccc5-c5ccccc5)c4)cc3c12. The number of nitrogens with one attached hydrogen (secondary N) is 1. The average Bonchev–Trinajstić information content (AvgIpc) is 3.27. The Balaban J connectivity index is 1.50. The predicted molar refractivity (Wildman–Crippen MR) is 147 cm³/mol. The fourth-order valence-corrected chi connectivity index (χ4v) is 5.81. The van der Waals surface area contributed by atoms with Crippen LogP contribution in [0.25, 0.3) is 53.6 Å². The third-order valence-corrected chi connectivity index (χ3v) is 7.44. The summed E-state index contributed by atoms with van der Waals surface area (Å²) in [5.74, 6) is 0.107. The summed E-state index contributed by atoms with van der Waals surface area (Å²) >= 11 is 1.74. The van der Waals surface area contributed by atoms with Gasteiger partial charge in [-0.25, -0.2) is 0 Å². The van der Waals surface area contributed by atoms with Crippen LogP contribution in [-0.4, -0.2) is 5.84 Å². The van der Waals surface area contributed by atoms with E-state index in [1.54, 1.807) is 11.3 Å². The zero-order chi connectivity index (χ0) is 23.1. The second kappa shape index (κ2) is 8.29. The van der Waals surface area contributed by atoms with E-state index in [0.717, 1.165) is 26.6 Å². The zero-order valence-electron chi connectivity index (χ0n) is 18.5. The van der Waals surface area contributed by atoms with Gasteiger partial charge in [-0.3, -0.25) is 5.41 Å². The summed E-state index contributed by atoms with van der Waals surface area (Å²) in [6, 6.07) is 40.5. The first-order valence-electron chi connectivity index (χ1n) is 11.2. The van der Waals surface area contributed by atoms with Crippen LogP contribution in [0.1, 0.15) is 5.56 Å². The first-order valence-corrected chi connectivity index (χ1v) is 12.1. The van der Waals surface area contributed by atoms with Crippen molar-refractivity contribution < 1.29 is 0 Å². The zero-order valence-corrected chi connectivity index (χ0v) is 19.3. The lowest BCUT2D eigenvalue weighted by molar-refractivity contribution is 1.44. The highest BCUT2D eigenvalue weighted by molar-refractivity contribution is 7.25. The monoisotopic (exact) mass is 454 g/mol. The predicted octanol–water partition coefficient (Wildman–Crippen LogP) is 8.34. The van der Waals surface area contributed by atoms with Gasteiger partial charge in [0.05, 0.1) is 0 Å². The van der Waals surface area contributed by atoms with Gasteiger partial charge >= 0.3 is 0 Å². The highest BCUT2D eigenvalue weighted by Crippen LogP contribution is 2.39. The van der Waals surface area contributed by atoms with Crippen LogP contribution in [0.2, 0.25) is 0 Å². The molecule has 0 spiro atoms. The maximum Gasteiger partial charge on any atom is 0.123 e. The summed E-state index contributed by atoms with van der Waals surface area (Å²) < 4.78 is 2.36. The van der Waals surface area contributed by atoms with Crippen molar-refractivity contribution >= 4 is 37.3 Å². The number of hydrogen-bond donors (Lipinski definition) is 2. The molecule has 0 aliphatic heterocycles. The van der Waals surface area contributed by atoms with Gasteiger partial charge in [0.1, 0.15) is 5.84 Å². The van der Waals surface area contributed by atoms with E-state index in [9.17, 15) is 0 Å². The van der Waals surface area contributed by atoms with Gasteiger partial charge in [0.25, 0.3) is 0 Å². The van der Waals surface area contributed by atoms with Gasteiger partial charge in [0.15, 0.2) is 0 Å². The molecule has 0 fully saturated rings. The van der Waals surface area contributed by atoms with Crippen molar-refractivity contribution in [2.75, 3.05) is 0 Å². The van der Waals surface area contributed by atoms with Crippen molar-refractivity contribution in [3.05, 3.63) is 121 Å². The number of rotatable bonds is 4. The number of hydrogen-bond acceptors (Lipinski definition) is 2. The number of thiophene rings is 1. The number of nitrogens with two attached hydrogens (primary N) is 1. The highest BCUT2D eigenvalue weighted by Gasteiger charge is 2.13. The maximum absolute atomic E-state index is 8.05. The molecule has 0 saturated heterocycles. The van der Waals surface area contributed by atoms with Crippen LogP contribution in [0, 0.1) is 5.41 Å². The molecule has 0 atom stereocenters. The Morgan fingerprint density at radius 2 is 1.21 bits per heavy atom. The van der Waals surface area contributed by atoms with E-state index in [-0.39, 0.29) is 5.84 Å². The number of fused-ring (bicyclic) bond motifs is 3. The van der Waals surface area contributed by atoms with E-state index in [4.69, 9.17) is 11.1 Å². The molecule has 2 nitrogen and oxygen atoms in total. The van der Waals surface area contributed by atoms with Crippen LogP contribution in [0.15, 0.2) is 115 Å². The van der Waals surface area contributed by atoms with Gasteiger partial charge in [0, 0.05) is 25.7 Å². The van der Waals surface area contributed by atoms with Gasteiger partial charge in [-0.15, -0.1) is 11.3 Å². The van der Waals surface area contributed by atoms with Gasteiger partial charge in [0.2, 0.25) is 0 Å². The van der Waals surface area contributed by atoms with Crippen molar-refractivity contribution in [3.8, 4) is 33.4 Å². The minimum atomic E-state index is 0.107. The summed E-state index contributed by atoms with van der Waals surface area (Å²) in [4.78, 5) is 0. The van der Waals surface area contributed by atoms with Crippen molar-refractivity contribution in [2.24, 2.45) is 5.73 Å². The molecular formula is C31H22N2S. The minimum absolute atomic E-state index is 0.107. The molecule has 0 radical (unpaired) electrons. The molecule has 0 bridgehead atoms. The Morgan fingerprint density at radius 3 is 2.00 bits per heavy atom. The van der Waals surface area contributed by atoms with Crippen molar-refractivity contribution in [1.82, 2.24) is 0 Å². The fourth-order valence-electron chi connectivity index (χ4n) is 4.70. The second-order valence-electron chi connectivity index (χ2n) is 8.40. The largest absolute Gasteiger partial charge is 0.384 e. The Hall–Kier alpha value is -4.21. The summed E-state index contributed by atoms with van der Waals surface area (Å²) in [6.07, 6.45) is 0. The lowest BCUT2D eigenvalue weighted by Crippen LogP contribution is -2.10. The second-order valence-corrected chi connectivity index (χ2v) is 9.48. The Labute approximate surface area is 202 Å². The fraction of sp³-hybridized carbons (Fsp3) is 0. The van der Waals surface area contributed by atoms with E-state index in [1.165, 1.54) is 32.5 Å². The highest BCUT2D eigenvalue weighted by atomic mass is 32.1. The molecule has 0 unspecified atom stereocenters. The Kier molecular flexibility index (Phi) is 4.97. The van der Waals surface area contributed by atoms with Crippen LogP contribution in [0.3, 0.4) is 0 Å². The van der Waals surface area contributed by atoms with Crippen molar-refractivity contribution in [2.45, 2.75) is 0 Å². The summed E-state index contributed by atoms with van der Waals surface area (Å²) in [6.45, 7) is 0. The molecule has 162 valence electrons. The van der Waals surface area contributed by atoms with Crippen LogP contribution in [0.4, 0.5) is 0 Å². The molecule has 34 heavy (non-hydrogen) atoms. The van der Waals surface area contributed by atoms with Gasteiger partial charge in [-0.2, -0.15) is 0 Å². The molecule has 1 heterocycles. The standard InChI is InChI=1S/C31H22N2S/c32-31(33)26-14-7-15-29-30(26)27-19-22(16-17-28(27)34-29)21-10-6-11-23(18-21)25-13-5-4-12-24(25)20-8-2-1-3-9-20/h1-19H,(H3,32,33). The summed E-state index contributed by atoms with van der Waals surface area (Å²) in [5, 5.41) is 10.3. The minimum Gasteiger partial charge on any atom is -0.384 e. The van der Waals surface area contributed by atoms with E-state index < -0.39 is 0 Å². The lowest BCUT2D eigenvalue weighted by Gasteiger charge is -2.12. The lowest BCUT2D eigenvalue weighted by atomic mass is 9.92. The summed E-state index contributed by atoms with van der Waals surface area (Å²) in [7, 11) is 0. The number of amidine groups is 1. The molecule has 1 aromatic heterocycles. The quantitative estimate of drug-likeness (QED) is 0.204. The van der Waals surface area contributed by atoms with Crippen molar-refractivity contribution in [1.29, 1.82) is 5.41 Å². The normalized spacial score (nSPS) is 11.2. The number of benzene rings is 5. The molecule has 6 rings (SSSR count). The first kappa shape index (κ1) is 20.4. The molecule has 3 heteroatoms. The third-order valence-electron chi connectivity index (χ3n) is 6.30. The van der Waals surface area contributed by atoms with E-state index in [1.807, 2.05) is 12.1 Å². The molecular weight excluding hydrogens is 432 g/mol. The van der Waals surface area contributed by atoms with Gasteiger partial charge in [-0.05, 0) is 57.6 Å². The van der Waals surface area contributed by atoms with Crippen LogP contribution in [-0.2, 0) is 0 Å². The van der Waals surface area contributed by atoms with Crippen molar-refractivity contribution in [3.63, 3.8) is 0 Å². The molecule has 0 aliphatic carbocycles.